The number of halogens is 3. The summed E-state index contributed by atoms with van der Waals surface area (Å²) in [4.78, 5) is 0. The molecule has 126 valence electrons. The SMILES string of the molecule is Cc1cccc(NC(=S)NN=Cc2ccc(C(F)(F)F)cc2)c1C. The van der Waals surface area contributed by atoms with Crippen molar-refractivity contribution in [2.45, 2.75) is 20.0 Å². The molecule has 0 unspecified atom stereocenters. The Labute approximate surface area is 143 Å². The normalized spacial score (nSPS) is 11.5. The standard InChI is InChI=1S/C17H16F3N3S/c1-11-4-3-5-15(12(11)2)22-16(24)23-21-10-13-6-8-14(9-7-13)17(18,19)20/h3-10H,1-2H3,(H2,22,23,24). The second-order valence-corrected chi connectivity index (χ2v) is 5.60. The Kier molecular flexibility index (Phi) is 5.56. The maximum absolute atomic E-state index is 12.5. The molecule has 2 aromatic rings. The van der Waals surface area contributed by atoms with E-state index in [9.17, 15) is 13.2 Å². The number of nitrogens with zero attached hydrogens (tertiary/aromatic N) is 1. The Bertz CT molecular complexity index is 753. The van der Waals surface area contributed by atoms with Gasteiger partial charge >= 0.3 is 6.18 Å². The van der Waals surface area contributed by atoms with Crippen LogP contribution < -0.4 is 10.7 Å². The summed E-state index contributed by atoms with van der Waals surface area (Å²) in [6, 6.07) is 10.5. The van der Waals surface area contributed by atoms with Crippen LogP contribution in [-0.4, -0.2) is 11.3 Å². The van der Waals surface area contributed by atoms with Crippen molar-refractivity contribution in [3.63, 3.8) is 0 Å². The van der Waals surface area contributed by atoms with Gasteiger partial charge in [0.25, 0.3) is 0 Å². The lowest BCUT2D eigenvalue weighted by Gasteiger charge is -2.11. The molecule has 0 aliphatic heterocycles. The molecule has 0 bridgehead atoms. The van der Waals surface area contributed by atoms with Crippen LogP contribution in [0.1, 0.15) is 22.3 Å². The molecule has 2 aromatic carbocycles. The lowest BCUT2D eigenvalue weighted by Crippen LogP contribution is -2.24. The van der Waals surface area contributed by atoms with Crippen LogP contribution in [0.15, 0.2) is 47.6 Å². The predicted octanol–water partition coefficient (Wildman–Crippen LogP) is 4.64. The molecule has 0 saturated heterocycles. The number of thiocarbonyl (C=S) groups is 1. The van der Waals surface area contributed by atoms with Crippen molar-refractivity contribution in [1.29, 1.82) is 0 Å². The van der Waals surface area contributed by atoms with Crippen molar-refractivity contribution >= 4 is 29.2 Å². The monoisotopic (exact) mass is 351 g/mol. The summed E-state index contributed by atoms with van der Waals surface area (Å²) in [7, 11) is 0. The van der Waals surface area contributed by atoms with Crippen LogP contribution in [0.4, 0.5) is 18.9 Å². The summed E-state index contributed by atoms with van der Waals surface area (Å²) in [5, 5.41) is 7.24. The molecule has 3 nitrogen and oxygen atoms in total. The third kappa shape index (κ3) is 4.79. The molecule has 0 heterocycles. The van der Waals surface area contributed by atoms with Crippen molar-refractivity contribution in [3.05, 3.63) is 64.7 Å². The van der Waals surface area contributed by atoms with Crippen molar-refractivity contribution in [2.75, 3.05) is 5.32 Å². The molecule has 0 amide bonds. The molecule has 0 radical (unpaired) electrons. The smallest absolute Gasteiger partial charge is 0.331 e. The van der Waals surface area contributed by atoms with Crippen LogP contribution in [0.5, 0.6) is 0 Å². The van der Waals surface area contributed by atoms with E-state index in [1.54, 1.807) is 0 Å². The quantitative estimate of drug-likeness (QED) is 0.480. The van der Waals surface area contributed by atoms with Gasteiger partial charge < -0.3 is 5.32 Å². The van der Waals surface area contributed by atoms with Crippen LogP contribution in [0.25, 0.3) is 0 Å². The minimum Gasteiger partial charge on any atom is -0.331 e. The molecule has 2 rings (SSSR count). The van der Waals surface area contributed by atoms with Gasteiger partial charge in [0.2, 0.25) is 0 Å². The fourth-order valence-electron chi connectivity index (χ4n) is 1.96. The number of aryl methyl sites for hydroxylation is 1. The average molecular weight is 351 g/mol. The zero-order valence-electron chi connectivity index (χ0n) is 13.1. The first-order valence-electron chi connectivity index (χ1n) is 7.11. The van der Waals surface area contributed by atoms with Gasteiger partial charge in [-0.1, -0.05) is 24.3 Å². The molecule has 7 heteroatoms. The van der Waals surface area contributed by atoms with Crippen molar-refractivity contribution < 1.29 is 13.2 Å². The summed E-state index contributed by atoms with van der Waals surface area (Å²) < 4.78 is 37.4. The van der Waals surface area contributed by atoms with Gasteiger partial charge in [-0.05, 0) is 61.0 Å². The topological polar surface area (TPSA) is 36.4 Å². The van der Waals surface area contributed by atoms with Crippen LogP contribution in [0.2, 0.25) is 0 Å². The Morgan fingerprint density at radius 2 is 1.75 bits per heavy atom. The summed E-state index contributed by atoms with van der Waals surface area (Å²) in [5.41, 5.74) is 5.56. The molecule has 0 aliphatic carbocycles. The number of hydrogen-bond acceptors (Lipinski definition) is 2. The summed E-state index contributed by atoms with van der Waals surface area (Å²) in [6.45, 7) is 3.98. The number of alkyl halides is 3. The fourth-order valence-corrected chi connectivity index (χ4v) is 2.12. The van der Waals surface area contributed by atoms with Gasteiger partial charge in [-0.25, -0.2) is 0 Å². The Hall–Kier alpha value is -2.41. The zero-order chi connectivity index (χ0) is 17.7. The maximum Gasteiger partial charge on any atom is 0.416 e. The molecule has 0 atom stereocenters. The van der Waals surface area contributed by atoms with E-state index in [1.165, 1.54) is 18.3 Å². The molecular formula is C17H16F3N3S. The second-order valence-electron chi connectivity index (χ2n) is 5.19. The fraction of sp³-hybridized carbons (Fsp3) is 0.176. The third-order valence-corrected chi connectivity index (χ3v) is 3.66. The van der Waals surface area contributed by atoms with E-state index >= 15 is 0 Å². The minimum absolute atomic E-state index is 0.298. The van der Waals surface area contributed by atoms with Crippen LogP contribution in [-0.2, 0) is 6.18 Å². The zero-order valence-corrected chi connectivity index (χ0v) is 13.9. The van der Waals surface area contributed by atoms with Crippen molar-refractivity contribution in [1.82, 2.24) is 5.43 Å². The van der Waals surface area contributed by atoms with Gasteiger partial charge in [-0.3, -0.25) is 5.43 Å². The van der Waals surface area contributed by atoms with Crippen molar-refractivity contribution in [3.8, 4) is 0 Å². The largest absolute Gasteiger partial charge is 0.416 e. The highest BCUT2D eigenvalue weighted by atomic mass is 32.1. The van der Waals surface area contributed by atoms with E-state index in [1.807, 2.05) is 32.0 Å². The lowest BCUT2D eigenvalue weighted by molar-refractivity contribution is -0.137. The maximum atomic E-state index is 12.5. The third-order valence-electron chi connectivity index (χ3n) is 3.47. The predicted molar refractivity (Wildman–Crippen MR) is 94.3 cm³/mol. The molecule has 0 aromatic heterocycles. The number of anilines is 1. The number of hydrazone groups is 1. The Morgan fingerprint density at radius 1 is 1.08 bits per heavy atom. The molecule has 2 N–H and O–H groups in total. The Balaban J connectivity index is 1.94. The molecule has 0 spiro atoms. The van der Waals surface area contributed by atoms with E-state index in [2.05, 4.69) is 15.8 Å². The highest BCUT2D eigenvalue weighted by Gasteiger charge is 2.29. The first-order valence-corrected chi connectivity index (χ1v) is 7.52. The van der Waals surface area contributed by atoms with Crippen LogP contribution in [0, 0.1) is 13.8 Å². The van der Waals surface area contributed by atoms with Gasteiger partial charge in [0.15, 0.2) is 5.11 Å². The number of hydrogen-bond donors (Lipinski definition) is 2. The summed E-state index contributed by atoms with van der Waals surface area (Å²) >= 11 is 5.14. The number of nitrogens with one attached hydrogen (secondary N) is 2. The molecular weight excluding hydrogens is 335 g/mol. The van der Waals surface area contributed by atoms with E-state index < -0.39 is 11.7 Å². The highest BCUT2D eigenvalue weighted by Crippen LogP contribution is 2.28. The van der Waals surface area contributed by atoms with Crippen molar-refractivity contribution in [2.24, 2.45) is 5.10 Å². The molecule has 0 saturated carbocycles. The lowest BCUT2D eigenvalue weighted by atomic mass is 10.1. The second kappa shape index (κ2) is 7.44. The highest BCUT2D eigenvalue weighted by molar-refractivity contribution is 7.80. The minimum atomic E-state index is -4.34. The van der Waals surface area contributed by atoms with E-state index in [-0.39, 0.29) is 0 Å². The first-order chi connectivity index (χ1) is 11.3. The van der Waals surface area contributed by atoms with Gasteiger partial charge in [-0.15, -0.1) is 0 Å². The molecule has 0 aliphatic rings. The van der Waals surface area contributed by atoms with E-state index in [4.69, 9.17) is 12.2 Å². The van der Waals surface area contributed by atoms with Gasteiger partial charge in [0.05, 0.1) is 11.8 Å². The number of rotatable bonds is 3. The summed E-state index contributed by atoms with van der Waals surface area (Å²) in [5.74, 6) is 0. The molecule has 0 fully saturated rings. The Morgan fingerprint density at radius 3 is 2.38 bits per heavy atom. The number of benzene rings is 2. The van der Waals surface area contributed by atoms with Crippen LogP contribution >= 0.6 is 12.2 Å². The molecule has 24 heavy (non-hydrogen) atoms. The van der Waals surface area contributed by atoms with Gasteiger partial charge in [-0.2, -0.15) is 18.3 Å². The van der Waals surface area contributed by atoms with E-state index in [0.29, 0.717) is 10.7 Å². The first kappa shape index (κ1) is 17.9. The summed E-state index contributed by atoms with van der Waals surface area (Å²) in [6.07, 6.45) is -2.94. The van der Waals surface area contributed by atoms with Gasteiger partial charge in [0.1, 0.15) is 0 Å². The van der Waals surface area contributed by atoms with Gasteiger partial charge in [0, 0.05) is 5.69 Å². The van der Waals surface area contributed by atoms with Crippen LogP contribution in [0.3, 0.4) is 0 Å². The van der Waals surface area contributed by atoms with E-state index in [0.717, 1.165) is 28.9 Å². The average Bonchev–Trinajstić information content (AvgIpc) is 2.51.